The molecule has 0 spiro atoms. The number of rotatable bonds is 8. The molecule has 1 aliphatic heterocycles. The van der Waals surface area contributed by atoms with E-state index in [-0.39, 0.29) is 30.3 Å². The first-order valence-corrected chi connectivity index (χ1v) is 13.0. The van der Waals surface area contributed by atoms with Gasteiger partial charge in [0.05, 0.1) is 11.0 Å². The lowest BCUT2D eigenvalue weighted by atomic mass is 9.92. The van der Waals surface area contributed by atoms with E-state index in [0.717, 1.165) is 31.6 Å². The lowest BCUT2D eigenvalue weighted by molar-refractivity contribution is -0.388. The highest BCUT2D eigenvalue weighted by atomic mass is 19.4. The second kappa shape index (κ2) is 12.0. The number of nitrogens with one attached hydrogen (secondary N) is 1. The van der Waals surface area contributed by atoms with Crippen LogP contribution in [0.5, 0.6) is 0 Å². The third-order valence-electron chi connectivity index (χ3n) is 7.33. The van der Waals surface area contributed by atoms with Gasteiger partial charge in [0.25, 0.3) is 5.69 Å². The monoisotopic (exact) mass is 534 g/mol. The van der Waals surface area contributed by atoms with Gasteiger partial charge in [0, 0.05) is 49.7 Å². The largest absolute Gasteiger partial charge is 0.423 e. The van der Waals surface area contributed by atoms with E-state index in [4.69, 9.17) is 4.74 Å². The Morgan fingerprint density at radius 2 is 1.76 bits per heavy atom. The van der Waals surface area contributed by atoms with E-state index in [1.165, 1.54) is 17.3 Å². The van der Waals surface area contributed by atoms with Crippen LogP contribution in [0.3, 0.4) is 0 Å². The van der Waals surface area contributed by atoms with Crippen LogP contribution in [0.15, 0.2) is 42.5 Å². The van der Waals surface area contributed by atoms with Crippen LogP contribution in [0, 0.1) is 10.1 Å². The van der Waals surface area contributed by atoms with Gasteiger partial charge in [-0.05, 0) is 55.9 Å². The number of carbonyl (C=O) groups is 1. The number of hydrogen-bond acceptors (Lipinski definition) is 6. The number of benzene rings is 2. The predicted molar refractivity (Wildman–Crippen MR) is 138 cm³/mol. The highest BCUT2D eigenvalue weighted by Gasteiger charge is 2.38. The Balaban J connectivity index is 1.21. The molecule has 1 heterocycles. The quantitative estimate of drug-likeness (QED) is 0.367. The molecule has 1 saturated carbocycles. The van der Waals surface area contributed by atoms with E-state index in [2.05, 4.69) is 29.3 Å². The minimum atomic E-state index is -4.81. The Bertz CT molecular complexity index is 1130. The number of anilines is 2. The molecular formula is C27H33F3N4O4. The maximum Gasteiger partial charge on any atom is 0.423 e. The molecule has 1 saturated heterocycles. The number of piperazine rings is 1. The number of hydrogen-bond donors (Lipinski definition) is 1. The molecule has 1 N–H and O–H groups in total. The van der Waals surface area contributed by atoms with Gasteiger partial charge in [0.15, 0.2) is 0 Å². The molecule has 8 nitrogen and oxygen atoms in total. The molecule has 2 aromatic carbocycles. The molecule has 0 aromatic heterocycles. The number of nitrogens with zero attached hydrogens (tertiary/aromatic N) is 3. The number of amides is 1. The Labute approximate surface area is 219 Å². The first kappa shape index (κ1) is 27.7. The van der Waals surface area contributed by atoms with Gasteiger partial charge in [0.1, 0.15) is 12.2 Å². The molecule has 2 aromatic rings. The van der Waals surface area contributed by atoms with Crippen LogP contribution in [0.4, 0.5) is 30.2 Å². The highest BCUT2D eigenvalue weighted by Crippen LogP contribution is 2.38. The summed E-state index contributed by atoms with van der Waals surface area (Å²) < 4.78 is 45.6. The fourth-order valence-electron chi connectivity index (χ4n) is 5.22. The van der Waals surface area contributed by atoms with Crippen molar-refractivity contribution < 1.29 is 27.6 Å². The number of nitro benzene ring substituents is 1. The third kappa shape index (κ3) is 6.75. The zero-order chi connectivity index (χ0) is 27.3. The van der Waals surface area contributed by atoms with Gasteiger partial charge < -0.3 is 19.9 Å². The minimum absolute atomic E-state index is 0.0194. The van der Waals surface area contributed by atoms with Crippen molar-refractivity contribution in [2.45, 2.75) is 57.3 Å². The SMILES string of the molecule is CCc1ccccc1N1CCN(C(=O)CO[C@H]2CC[C@H](Nc3ccc([N+](=O)[O-])c(C(F)(F)F)c3)CC2)CC1. The van der Waals surface area contributed by atoms with Crippen molar-refractivity contribution in [3.63, 3.8) is 0 Å². The highest BCUT2D eigenvalue weighted by molar-refractivity contribution is 5.77. The van der Waals surface area contributed by atoms with Crippen molar-refractivity contribution in [2.75, 3.05) is 43.0 Å². The van der Waals surface area contributed by atoms with Crippen molar-refractivity contribution >= 4 is 23.0 Å². The van der Waals surface area contributed by atoms with Gasteiger partial charge in [-0.3, -0.25) is 14.9 Å². The molecule has 0 unspecified atom stereocenters. The van der Waals surface area contributed by atoms with Crippen molar-refractivity contribution in [2.24, 2.45) is 0 Å². The fraction of sp³-hybridized carbons (Fsp3) is 0.519. The van der Waals surface area contributed by atoms with Crippen LogP contribution in [0.2, 0.25) is 0 Å². The fourth-order valence-corrected chi connectivity index (χ4v) is 5.22. The second-order valence-corrected chi connectivity index (χ2v) is 9.77. The van der Waals surface area contributed by atoms with Crippen molar-refractivity contribution in [3.05, 3.63) is 63.7 Å². The van der Waals surface area contributed by atoms with E-state index in [9.17, 15) is 28.1 Å². The number of carbonyl (C=O) groups excluding carboxylic acids is 1. The standard InChI is InChI=1S/C27H33F3N4O4/c1-2-19-5-3-4-6-24(19)32-13-15-33(16-14-32)26(35)18-38-22-10-7-20(8-11-22)31-21-9-12-25(34(36)37)23(17-21)27(28,29)30/h3-6,9,12,17,20,22,31H,2,7-8,10-11,13-16,18H2,1H3/t20-,22-. The molecule has 1 amide bonds. The Morgan fingerprint density at radius 3 is 2.39 bits per heavy atom. The molecular weight excluding hydrogens is 501 g/mol. The Kier molecular flexibility index (Phi) is 8.76. The summed E-state index contributed by atoms with van der Waals surface area (Å²) in [4.78, 5) is 26.8. The van der Waals surface area contributed by atoms with E-state index >= 15 is 0 Å². The zero-order valence-electron chi connectivity index (χ0n) is 21.4. The van der Waals surface area contributed by atoms with Crippen LogP contribution >= 0.6 is 0 Å². The summed E-state index contributed by atoms with van der Waals surface area (Å²) in [6.07, 6.45) is -1.28. The summed E-state index contributed by atoms with van der Waals surface area (Å²) in [7, 11) is 0. The lowest BCUT2D eigenvalue weighted by Crippen LogP contribution is -2.50. The van der Waals surface area contributed by atoms with Gasteiger partial charge in [0.2, 0.25) is 5.91 Å². The van der Waals surface area contributed by atoms with Crippen molar-refractivity contribution in [1.29, 1.82) is 0 Å². The molecule has 2 aliphatic rings. The number of ether oxygens (including phenoxy) is 1. The Morgan fingerprint density at radius 1 is 1.08 bits per heavy atom. The average Bonchev–Trinajstić information content (AvgIpc) is 2.92. The van der Waals surface area contributed by atoms with Crippen molar-refractivity contribution in [1.82, 2.24) is 4.90 Å². The molecule has 38 heavy (non-hydrogen) atoms. The normalized spacial score (nSPS) is 20.3. The summed E-state index contributed by atoms with van der Waals surface area (Å²) in [5, 5.41) is 14.0. The molecule has 0 radical (unpaired) electrons. The lowest BCUT2D eigenvalue weighted by Gasteiger charge is -2.37. The summed E-state index contributed by atoms with van der Waals surface area (Å²) in [6.45, 7) is 5.00. The molecule has 4 rings (SSSR count). The number of para-hydroxylation sites is 1. The zero-order valence-corrected chi connectivity index (χ0v) is 21.4. The topological polar surface area (TPSA) is 88.0 Å². The maximum absolute atomic E-state index is 13.2. The Hall–Kier alpha value is -3.34. The summed E-state index contributed by atoms with van der Waals surface area (Å²) >= 11 is 0. The van der Waals surface area contributed by atoms with E-state index < -0.39 is 22.4 Å². The number of aryl methyl sites for hydroxylation is 1. The van der Waals surface area contributed by atoms with Crippen LogP contribution in [0.25, 0.3) is 0 Å². The van der Waals surface area contributed by atoms with Gasteiger partial charge in [-0.15, -0.1) is 0 Å². The van der Waals surface area contributed by atoms with Crippen LogP contribution in [0.1, 0.15) is 43.7 Å². The van der Waals surface area contributed by atoms with Crippen LogP contribution < -0.4 is 10.2 Å². The first-order valence-electron chi connectivity index (χ1n) is 13.0. The molecule has 11 heteroatoms. The summed E-state index contributed by atoms with van der Waals surface area (Å²) in [5.74, 6) is -0.0285. The molecule has 2 fully saturated rings. The molecule has 206 valence electrons. The molecule has 1 aliphatic carbocycles. The van der Waals surface area contributed by atoms with Crippen LogP contribution in [-0.4, -0.2) is 60.7 Å². The van der Waals surface area contributed by atoms with E-state index in [1.807, 2.05) is 17.0 Å². The first-order chi connectivity index (χ1) is 18.2. The van der Waals surface area contributed by atoms with Gasteiger partial charge >= 0.3 is 6.18 Å². The average molecular weight is 535 g/mol. The van der Waals surface area contributed by atoms with E-state index in [0.29, 0.717) is 38.8 Å². The smallest absolute Gasteiger partial charge is 0.382 e. The molecule has 0 atom stereocenters. The van der Waals surface area contributed by atoms with Gasteiger partial charge in [-0.25, -0.2) is 0 Å². The predicted octanol–water partition coefficient (Wildman–Crippen LogP) is 5.26. The summed E-state index contributed by atoms with van der Waals surface area (Å²) in [6, 6.07) is 11.2. The van der Waals surface area contributed by atoms with Gasteiger partial charge in [-0.2, -0.15) is 13.2 Å². The third-order valence-corrected chi connectivity index (χ3v) is 7.33. The molecule has 0 bridgehead atoms. The minimum Gasteiger partial charge on any atom is -0.382 e. The van der Waals surface area contributed by atoms with E-state index in [1.54, 1.807) is 0 Å². The van der Waals surface area contributed by atoms with Gasteiger partial charge in [-0.1, -0.05) is 25.1 Å². The maximum atomic E-state index is 13.2. The number of nitro groups is 1. The second-order valence-electron chi connectivity index (χ2n) is 9.77. The number of alkyl halides is 3. The van der Waals surface area contributed by atoms with Crippen LogP contribution in [-0.2, 0) is 22.1 Å². The van der Waals surface area contributed by atoms with Crippen molar-refractivity contribution in [3.8, 4) is 0 Å². The number of halogens is 3. The summed E-state index contributed by atoms with van der Waals surface area (Å²) in [5.41, 5.74) is 0.501.